The summed E-state index contributed by atoms with van der Waals surface area (Å²) < 4.78 is 11.1. The van der Waals surface area contributed by atoms with Gasteiger partial charge in [-0.2, -0.15) is 0 Å². The van der Waals surface area contributed by atoms with Crippen LogP contribution in [0.3, 0.4) is 0 Å². The van der Waals surface area contributed by atoms with E-state index in [2.05, 4.69) is 17.2 Å². The van der Waals surface area contributed by atoms with E-state index < -0.39 is 11.7 Å². The van der Waals surface area contributed by atoms with Crippen molar-refractivity contribution in [1.29, 1.82) is 0 Å². The minimum atomic E-state index is -0.776. The van der Waals surface area contributed by atoms with Crippen LogP contribution in [-0.4, -0.2) is 17.0 Å². The molecule has 0 bridgehead atoms. The topological polar surface area (TPSA) is 81.4 Å². The summed E-state index contributed by atoms with van der Waals surface area (Å²) in [6.07, 6.45) is 5.30. The lowest BCUT2D eigenvalue weighted by Crippen LogP contribution is -2.35. The molecule has 1 aromatic carbocycles. The molecule has 1 amide bonds. The molecule has 0 radical (unpaired) electrons. The summed E-state index contributed by atoms with van der Waals surface area (Å²) in [5.74, 6) is 0.0117. The van der Waals surface area contributed by atoms with Crippen LogP contribution in [0.1, 0.15) is 37.8 Å². The van der Waals surface area contributed by atoms with Gasteiger partial charge in [0.25, 0.3) is 5.91 Å². The fourth-order valence-corrected chi connectivity index (χ4v) is 3.18. The number of halogens is 1. The van der Waals surface area contributed by atoms with Gasteiger partial charge in [-0.3, -0.25) is 9.78 Å². The number of pyridine rings is 1. The number of nitrogens with zero attached hydrogens (tertiary/aromatic N) is 1. The van der Waals surface area contributed by atoms with Crippen molar-refractivity contribution in [2.24, 2.45) is 0 Å². The van der Waals surface area contributed by atoms with Crippen molar-refractivity contribution < 1.29 is 13.9 Å². The summed E-state index contributed by atoms with van der Waals surface area (Å²) in [6.45, 7) is 4.10. The van der Waals surface area contributed by atoms with Gasteiger partial charge >= 0.3 is 5.63 Å². The van der Waals surface area contributed by atoms with E-state index in [0.717, 1.165) is 35.8 Å². The van der Waals surface area contributed by atoms with E-state index in [0.29, 0.717) is 22.9 Å². The maximum Gasteiger partial charge on any atom is 0.336 e. The van der Waals surface area contributed by atoms with Crippen molar-refractivity contribution in [3.63, 3.8) is 0 Å². The molecule has 0 aliphatic heterocycles. The zero-order chi connectivity index (χ0) is 20.8. The van der Waals surface area contributed by atoms with Crippen LogP contribution in [-0.2, 0) is 17.8 Å². The Bertz CT molecular complexity index is 1050. The standard InChI is InChI=1S/C22H23ClN2O4/c1-3-4-5-16-10-21(26)29-19-12-20(18(23)11-17(16)19)28-14(2)22(27)25-13-15-6-8-24-9-7-15/h6-12,14H,3-5,13H2,1-2H3,(H,25,27)/t14-/m1/s1. The highest BCUT2D eigenvalue weighted by Gasteiger charge is 2.18. The van der Waals surface area contributed by atoms with Crippen molar-refractivity contribution in [3.8, 4) is 5.75 Å². The molecular formula is C22H23ClN2O4. The number of aryl methyl sites for hydroxylation is 1. The first-order valence-electron chi connectivity index (χ1n) is 9.57. The third kappa shape index (κ3) is 5.35. The van der Waals surface area contributed by atoms with E-state index in [-0.39, 0.29) is 5.91 Å². The molecule has 2 aromatic heterocycles. The van der Waals surface area contributed by atoms with E-state index in [1.807, 2.05) is 12.1 Å². The third-order valence-electron chi connectivity index (χ3n) is 4.57. The Kier molecular flexibility index (Phi) is 6.88. The van der Waals surface area contributed by atoms with Gasteiger partial charge in [-0.1, -0.05) is 24.9 Å². The zero-order valence-corrected chi connectivity index (χ0v) is 17.2. The smallest absolute Gasteiger partial charge is 0.336 e. The Balaban J connectivity index is 1.76. The molecule has 0 unspecified atom stereocenters. The van der Waals surface area contributed by atoms with Crippen LogP contribution in [0.4, 0.5) is 0 Å². The van der Waals surface area contributed by atoms with Gasteiger partial charge in [-0.05, 0) is 49.1 Å². The first-order valence-corrected chi connectivity index (χ1v) is 9.95. The first-order chi connectivity index (χ1) is 14.0. The average Bonchev–Trinajstić information content (AvgIpc) is 2.72. The van der Waals surface area contributed by atoms with E-state index in [9.17, 15) is 9.59 Å². The molecule has 0 aliphatic carbocycles. The van der Waals surface area contributed by atoms with E-state index in [1.54, 1.807) is 31.5 Å². The van der Waals surface area contributed by atoms with Crippen LogP contribution < -0.4 is 15.7 Å². The van der Waals surface area contributed by atoms with Gasteiger partial charge in [0.05, 0.1) is 5.02 Å². The van der Waals surface area contributed by atoms with Crippen LogP contribution in [0.15, 0.2) is 51.9 Å². The lowest BCUT2D eigenvalue weighted by molar-refractivity contribution is -0.127. The molecule has 7 heteroatoms. The molecule has 1 N–H and O–H groups in total. The maximum atomic E-state index is 12.4. The number of hydrogen-bond acceptors (Lipinski definition) is 5. The molecule has 0 fully saturated rings. The molecule has 29 heavy (non-hydrogen) atoms. The lowest BCUT2D eigenvalue weighted by Gasteiger charge is -2.16. The number of benzene rings is 1. The molecule has 0 spiro atoms. The van der Waals surface area contributed by atoms with Gasteiger partial charge in [-0.15, -0.1) is 0 Å². The van der Waals surface area contributed by atoms with Crippen LogP contribution in [0.5, 0.6) is 5.75 Å². The number of rotatable bonds is 8. The van der Waals surface area contributed by atoms with Crippen molar-refractivity contribution in [2.75, 3.05) is 0 Å². The van der Waals surface area contributed by atoms with Gasteiger partial charge in [0.1, 0.15) is 11.3 Å². The third-order valence-corrected chi connectivity index (χ3v) is 4.87. The summed E-state index contributed by atoms with van der Waals surface area (Å²) >= 11 is 6.39. The molecule has 3 rings (SSSR count). The van der Waals surface area contributed by atoms with Gasteiger partial charge in [0, 0.05) is 36.5 Å². The van der Waals surface area contributed by atoms with Gasteiger partial charge in [0.15, 0.2) is 6.10 Å². The molecule has 0 aliphatic rings. The van der Waals surface area contributed by atoms with Crippen LogP contribution in [0.2, 0.25) is 5.02 Å². The zero-order valence-electron chi connectivity index (χ0n) is 16.4. The Morgan fingerprint density at radius 1 is 1.28 bits per heavy atom. The Labute approximate surface area is 173 Å². The van der Waals surface area contributed by atoms with Gasteiger partial charge in [-0.25, -0.2) is 4.79 Å². The second-order valence-electron chi connectivity index (χ2n) is 6.81. The second-order valence-corrected chi connectivity index (χ2v) is 7.21. The number of fused-ring (bicyclic) bond motifs is 1. The Morgan fingerprint density at radius 3 is 2.76 bits per heavy atom. The summed E-state index contributed by atoms with van der Waals surface area (Å²) in [5, 5.41) is 3.95. The summed E-state index contributed by atoms with van der Waals surface area (Å²) in [4.78, 5) is 28.2. The number of aromatic nitrogens is 1. The number of carbonyl (C=O) groups is 1. The van der Waals surface area contributed by atoms with E-state index in [1.165, 1.54) is 6.07 Å². The van der Waals surface area contributed by atoms with E-state index in [4.69, 9.17) is 20.8 Å². The number of amides is 1. The molecule has 0 saturated carbocycles. The second kappa shape index (κ2) is 9.56. The summed E-state index contributed by atoms with van der Waals surface area (Å²) in [6, 6.07) is 8.45. The number of hydrogen-bond donors (Lipinski definition) is 1. The monoisotopic (exact) mass is 414 g/mol. The summed E-state index contributed by atoms with van der Waals surface area (Å²) in [5.41, 5.74) is 1.81. The quantitative estimate of drug-likeness (QED) is 0.557. The van der Waals surface area contributed by atoms with Crippen molar-refractivity contribution >= 4 is 28.5 Å². The lowest BCUT2D eigenvalue weighted by atomic mass is 10.0. The predicted molar refractivity (Wildman–Crippen MR) is 112 cm³/mol. The number of nitrogens with one attached hydrogen (secondary N) is 1. The van der Waals surface area contributed by atoms with Crippen molar-refractivity contribution in [1.82, 2.24) is 10.3 Å². The molecule has 0 saturated heterocycles. The number of ether oxygens (including phenoxy) is 1. The largest absolute Gasteiger partial charge is 0.479 e. The molecule has 6 nitrogen and oxygen atoms in total. The molecule has 3 aromatic rings. The van der Waals surface area contributed by atoms with Crippen LogP contribution >= 0.6 is 11.6 Å². The molecule has 2 heterocycles. The highest BCUT2D eigenvalue weighted by molar-refractivity contribution is 6.32. The molecule has 152 valence electrons. The molecular weight excluding hydrogens is 392 g/mol. The fourth-order valence-electron chi connectivity index (χ4n) is 2.97. The Morgan fingerprint density at radius 2 is 2.03 bits per heavy atom. The molecule has 1 atom stereocenters. The SMILES string of the molecule is CCCCc1cc(=O)oc2cc(O[C@H](C)C(=O)NCc3ccncc3)c(Cl)cc12. The summed E-state index contributed by atoms with van der Waals surface area (Å²) in [7, 11) is 0. The minimum Gasteiger partial charge on any atom is -0.479 e. The maximum absolute atomic E-state index is 12.4. The van der Waals surface area contributed by atoms with Crippen molar-refractivity contribution in [3.05, 3.63) is 69.3 Å². The first kappa shape index (κ1) is 20.9. The number of unbranched alkanes of at least 4 members (excludes halogenated alkanes) is 1. The van der Waals surface area contributed by atoms with Gasteiger partial charge in [0.2, 0.25) is 0 Å². The minimum absolute atomic E-state index is 0.281. The van der Waals surface area contributed by atoms with Crippen LogP contribution in [0, 0.1) is 0 Å². The predicted octanol–water partition coefficient (Wildman–Crippen LogP) is 4.27. The average molecular weight is 415 g/mol. The fraction of sp³-hybridized carbons (Fsp3) is 0.318. The highest BCUT2D eigenvalue weighted by atomic mass is 35.5. The van der Waals surface area contributed by atoms with E-state index >= 15 is 0 Å². The van der Waals surface area contributed by atoms with Crippen LogP contribution in [0.25, 0.3) is 11.0 Å². The normalized spacial score (nSPS) is 12.0. The Hall–Kier alpha value is -2.86. The van der Waals surface area contributed by atoms with Gasteiger partial charge < -0.3 is 14.5 Å². The highest BCUT2D eigenvalue weighted by Crippen LogP contribution is 2.32. The number of carbonyl (C=O) groups excluding carboxylic acids is 1. The van der Waals surface area contributed by atoms with Crippen molar-refractivity contribution in [2.45, 2.75) is 45.8 Å².